The highest BCUT2D eigenvalue weighted by Gasteiger charge is 2.70. The van der Waals surface area contributed by atoms with E-state index in [0.29, 0.717) is 72.9 Å². The third-order valence-corrected chi connectivity index (χ3v) is 20.1. The molecule has 1 aliphatic heterocycles. The Hall–Kier alpha value is -2.49. The molecule has 0 spiro atoms. The Morgan fingerprint density at radius 1 is 0.947 bits per heavy atom. The van der Waals surface area contributed by atoms with Gasteiger partial charge in [0.1, 0.15) is 12.0 Å². The molecule has 0 amide bonds. The minimum absolute atomic E-state index is 0.00623. The van der Waals surface area contributed by atoms with E-state index in [-0.39, 0.29) is 33.8 Å². The molecular weight excluding hydrogens is 731 g/mol. The molecule has 7 aliphatic rings. The highest BCUT2D eigenvalue weighted by atomic mass is 32.2. The molecule has 57 heavy (non-hydrogen) atoms. The van der Waals surface area contributed by atoms with E-state index in [9.17, 15) is 18.3 Å². The van der Waals surface area contributed by atoms with Gasteiger partial charge in [-0.3, -0.25) is 4.79 Å². The Labute approximate surface area is 343 Å². The van der Waals surface area contributed by atoms with Crippen LogP contribution in [0.4, 0.5) is 0 Å². The first kappa shape index (κ1) is 41.3. The molecule has 1 aromatic heterocycles. The van der Waals surface area contributed by atoms with E-state index in [1.54, 1.807) is 12.3 Å². The first-order valence-corrected chi connectivity index (χ1v) is 24.2. The summed E-state index contributed by atoms with van der Waals surface area (Å²) in [5.41, 5.74) is 4.12. The number of hydrogen-bond donors (Lipinski definition) is 2. The largest absolute Gasteiger partial charge is 0.481 e. The van der Waals surface area contributed by atoms with E-state index in [2.05, 4.69) is 75.5 Å². The summed E-state index contributed by atoms with van der Waals surface area (Å²) in [4.78, 5) is 19.3. The van der Waals surface area contributed by atoms with Crippen molar-refractivity contribution in [1.29, 1.82) is 0 Å². The van der Waals surface area contributed by atoms with E-state index < -0.39 is 21.2 Å². The van der Waals surface area contributed by atoms with E-state index in [1.807, 2.05) is 12.1 Å². The number of carbonyl (C=O) groups is 1. The van der Waals surface area contributed by atoms with Crippen LogP contribution in [0, 0.1) is 56.7 Å². The average molecular weight is 802 g/mol. The molecule has 10 atom stereocenters. The topological polar surface area (TPSA) is 109 Å². The summed E-state index contributed by atoms with van der Waals surface area (Å²) in [6, 6.07) is 5.49. The standard InChI is InChI=1S/C48H71N3O5S/c1-33(2)35-15-22-48(50-26-27-51-28-30-57(54,55)31-29-51)24-23-45(6)37(41(35)48)11-12-39-44(5)18-16-36(43(3,4)38(44)17-19-46(39,45)7)34-13-20-47(21-14-34,42(52)53)32-56-40-10-8-9-25-49-40/h8-10,13,16,25,35,37-39,41,50H,1,11-12,14-15,17-24,26-32H2,2-7H3,(H,52,53)/t35-,37+,38-,39+,41+,44-,45+,46+,47-,48-/m0/s1. The maximum absolute atomic E-state index is 12.7. The van der Waals surface area contributed by atoms with E-state index in [4.69, 9.17) is 4.74 Å². The monoisotopic (exact) mass is 802 g/mol. The van der Waals surface area contributed by atoms with Gasteiger partial charge in [0.2, 0.25) is 5.88 Å². The van der Waals surface area contributed by atoms with Gasteiger partial charge in [-0.15, -0.1) is 0 Å². The maximum atomic E-state index is 12.7. The second-order valence-corrected chi connectivity index (χ2v) is 23.6. The Morgan fingerprint density at radius 2 is 1.72 bits per heavy atom. The van der Waals surface area contributed by atoms with Crippen LogP contribution in [-0.2, 0) is 14.6 Å². The van der Waals surface area contributed by atoms with Gasteiger partial charge in [-0.1, -0.05) is 65.0 Å². The zero-order chi connectivity index (χ0) is 40.6. The Bertz CT molecular complexity index is 1900. The summed E-state index contributed by atoms with van der Waals surface area (Å²) in [6.45, 7) is 23.3. The van der Waals surface area contributed by atoms with Crippen molar-refractivity contribution >= 4 is 15.8 Å². The molecule has 8 nitrogen and oxygen atoms in total. The lowest BCUT2D eigenvalue weighted by atomic mass is 9.33. The number of fused-ring (bicyclic) bond motifs is 7. The normalized spacial score (nSPS) is 42.3. The molecule has 1 saturated heterocycles. The van der Waals surface area contributed by atoms with Gasteiger partial charge in [0.15, 0.2) is 9.84 Å². The number of ether oxygens (including phenoxy) is 1. The lowest BCUT2D eigenvalue weighted by Crippen LogP contribution is -2.68. The van der Waals surface area contributed by atoms with Crippen molar-refractivity contribution in [3.05, 3.63) is 59.8 Å². The molecule has 4 saturated carbocycles. The average Bonchev–Trinajstić information content (AvgIpc) is 3.55. The first-order valence-electron chi connectivity index (χ1n) is 22.4. The minimum atomic E-state index is -2.87. The number of nitrogens with zero attached hydrogens (tertiary/aromatic N) is 2. The fourth-order valence-electron chi connectivity index (χ4n) is 15.2. The van der Waals surface area contributed by atoms with Crippen LogP contribution in [0.2, 0.25) is 0 Å². The molecule has 9 heteroatoms. The van der Waals surface area contributed by atoms with Crippen LogP contribution in [0.1, 0.15) is 119 Å². The first-order chi connectivity index (χ1) is 26.9. The van der Waals surface area contributed by atoms with Crippen molar-refractivity contribution in [2.45, 2.75) is 124 Å². The van der Waals surface area contributed by atoms with Crippen molar-refractivity contribution in [3.63, 3.8) is 0 Å². The van der Waals surface area contributed by atoms with Crippen molar-refractivity contribution < 1.29 is 23.1 Å². The summed E-state index contributed by atoms with van der Waals surface area (Å²) in [5, 5.41) is 14.7. The van der Waals surface area contributed by atoms with Gasteiger partial charge in [-0.2, -0.15) is 0 Å². The van der Waals surface area contributed by atoms with Crippen LogP contribution in [0.15, 0.2) is 59.8 Å². The molecule has 1 aromatic rings. The van der Waals surface area contributed by atoms with Gasteiger partial charge >= 0.3 is 5.97 Å². The molecule has 314 valence electrons. The fourth-order valence-corrected chi connectivity index (χ4v) is 16.5. The molecule has 8 rings (SSSR count). The van der Waals surface area contributed by atoms with E-state index >= 15 is 0 Å². The summed E-state index contributed by atoms with van der Waals surface area (Å²) < 4.78 is 30.1. The second-order valence-electron chi connectivity index (χ2n) is 21.3. The second kappa shape index (κ2) is 14.6. The molecule has 2 heterocycles. The molecular formula is C48H71N3O5S. The SMILES string of the molecule is C=C(C)[C@@H]1CC[C@]2(NCCN3CCS(=O)(=O)CC3)CC[C@]3(C)[C@H](CC[C@@H]4[C@@]5(C)CC=C(C6=CC[C@](COc7ccccn7)(C(=O)O)CC6)C(C)(C)[C@@H]5CC[C@]43C)[C@@H]12. The number of nitrogens with one attached hydrogen (secondary N) is 1. The quantitative estimate of drug-likeness (QED) is 0.226. The van der Waals surface area contributed by atoms with Crippen molar-refractivity contribution in [1.82, 2.24) is 15.2 Å². The third-order valence-electron chi connectivity index (χ3n) is 18.5. The number of allylic oxidation sites excluding steroid dienone is 5. The van der Waals surface area contributed by atoms with Gasteiger partial charge < -0.3 is 20.1 Å². The molecule has 0 unspecified atom stereocenters. The highest BCUT2D eigenvalue weighted by molar-refractivity contribution is 7.91. The molecule has 6 aliphatic carbocycles. The molecule has 2 N–H and O–H groups in total. The lowest BCUT2D eigenvalue weighted by molar-refractivity contribution is -0.221. The van der Waals surface area contributed by atoms with Gasteiger partial charge in [-0.05, 0) is 152 Å². The molecule has 0 bridgehead atoms. The van der Waals surface area contributed by atoms with E-state index in [0.717, 1.165) is 25.9 Å². The van der Waals surface area contributed by atoms with Gasteiger partial charge in [0.05, 0.1) is 11.5 Å². The lowest BCUT2D eigenvalue weighted by Gasteiger charge is -2.72. The fraction of sp³-hybridized carbons (Fsp3) is 0.750. The number of aliphatic carboxylic acids is 1. The number of rotatable bonds is 10. The smallest absolute Gasteiger partial charge is 0.313 e. The molecule has 5 fully saturated rings. The van der Waals surface area contributed by atoms with Crippen LogP contribution >= 0.6 is 0 Å². The van der Waals surface area contributed by atoms with Crippen molar-refractivity contribution in [2.75, 3.05) is 44.3 Å². The Morgan fingerprint density at radius 3 is 2.39 bits per heavy atom. The number of hydrogen-bond acceptors (Lipinski definition) is 7. The predicted molar refractivity (Wildman–Crippen MR) is 228 cm³/mol. The summed E-state index contributed by atoms with van der Waals surface area (Å²) in [6.07, 6.45) is 19.5. The van der Waals surface area contributed by atoms with Gasteiger partial charge in [0.25, 0.3) is 0 Å². The number of sulfone groups is 1. The third kappa shape index (κ3) is 6.71. The van der Waals surface area contributed by atoms with Crippen molar-refractivity contribution in [3.8, 4) is 5.88 Å². The number of aromatic nitrogens is 1. The maximum Gasteiger partial charge on any atom is 0.313 e. The zero-order valence-corrected chi connectivity index (χ0v) is 36.7. The Balaban J connectivity index is 1.01. The van der Waals surface area contributed by atoms with E-state index in [1.165, 1.54) is 68.1 Å². The van der Waals surface area contributed by atoms with Crippen molar-refractivity contribution in [2.24, 2.45) is 56.7 Å². The number of carboxylic acids is 1. The number of carboxylic acid groups (broad SMARTS) is 1. The molecule has 0 radical (unpaired) electrons. The predicted octanol–water partition coefficient (Wildman–Crippen LogP) is 8.91. The molecule has 0 aromatic carbocycles. The minimum Gasteiger partial charge on any atom is -0.481 e. The van der Waals surface area contributed by atoms with Crippen LogP contribution in [0.25, 0.3) is 0 Å². The summed E-state index contributed by atoms with van der Waals surface area (Å²) in [5.74, 6) is 3.33. The zero-order valence-electron chi connectivity index (χ0n) is 35.9. The summed E-state index contributed by atoms with van der Waals surface area (Å²) in [7, 11) is -2.87. The van der Waals surface area contributed by atoms with Gasteiger partial charge in [-0.25, -0.2) is 13.4 Å². The van der Waals surface area contributed by atoms with Crippen LogP contribution in [-0.4, -0.2) is 79.2 Å². The Kier molecular flexibility index (Phi) is 10.6. The highest BCUT2D eigenvalue weighted by Crippen LogP contribution is 2.76. The van der Waals surface area contributed by atoms with Gasteiger partial charge in [0, 0.05) is 44.0 Å². The number of pyridine rings is 1. The van der Waals surface area contributed by atoms with Crippen LogP contribution < -0.4 is 10.1 Å². The summed E-state index contributed by atoms with van der Waals surface area (Å²) >= 11 is 0. The van der Waals surface area contributed by atoms with Crippen LogP contribution in [0.3, 0.4) is 0 Å². The van der Waals surface area contributed by atoms with Crippen LogP contribution in [0.5, 0.6) is 5.88 Å².